The molecular weight excluding hydrogens is 472 g/mol. The number of hydrogen-bond donors (Lipinski definition) is 1. The highest BCUT2D eigenvalue weighted by molar-refractivity contribution is 5.79. The lowest BCUT2D eigenvalue weighted by atomic mass is 9.86. The lowest BCUT2D eigenvalue weighted by Gasteiger charge is -2.40. The van der Waals surface area contributed by atoms with Crippen molar-refractivity contribution in [3.05, 3.63) is 47.5 Å². The van der Waals surface area contributed by atoms with E-state index in [1.807, 2.05) is 18.2 Å². The molecule has 1 aromatic carbocycles. The number of amides is 1. The normalized spacial score (nSPS) is 26.9. The molecule has 202 valence electrons. The summed E-state index contributed by atoms with van der Waals surface area (Å²) in [6.45, 7) is 7.34. The molecule has 2 aliphatic heterocycles. The molecule has 3 heterocycles. The van der Waals surface area contributed by atoms with Crippen molar-refractivity contribution in [1.29, 1.82) is 0 Å². The van der Waals surface area contributed by atoms with Crippen LogP contribution in [-0.2, 0) is 4.79 Å². The van der Waals surface area contributed by atoms with Gasteiger partial charge in [0.25, 0.3) is 0 Å². The van der Waals surface area contributed by atoms with Gasteiger partial charge in [0, 0.05) is 49.3 Å². The van der Waals surface area contributed by atoms with Gasteiger partial charge in [-0.25, -0.2) is 8.78 Å². The Morgan fingerprint density at radius 1 is 1.03 bits per heavy atom. The average Bonchev–Trinajstić information content (AvgIpc) is 3.37. The van der Waals surface area contributed by atoms with Crippen LogP contribution in [0, 0.1) is 12.8 Å². The van der Waals surface area contributed by atoms with Gasteiger partial charge in [0.05, 0.1) is 6.04 Å². The van der Waals surface area contributed by atoms with Crippen LogP contribution in [0.5, 0.6) is 0 Å². The Bertz CT molecular complexity index is 1050. The van der Waals surface area contributed by atoms with Crippen molar-refractivity contribution in [3.8, 4) is 0 Å². The van der Waals surface area contributed by atoms with Crippen LogP contribution in [0.25, 0.3) is 0 Å². The zero-order valence-electron chi connectivity index (χ0n) is 22.4. The number of fused-ring (bicyclic) bond motifs is 2. The Morgan fingerprint density at radius 2 is 1.68 bits per heavy atom. The first kappa shape index (κ1) is 26.3. The summed E-state index contributed by atoms with van der Waals surface area (Å²) in [4.78, 5) is 15.8. The molecule has 2 bridgehead atoms. The Labute approximate surface area is 219 Å². The van der Waals surface area contributed by atoms with Crippen LogP contribution >= 0.6 is 0 Å². The maximum atomic E-state index is 13.6. The fraction of sp³-hybridized carbons (Fsp3) is 0.690. The Kier molecular flexibility index (Phi) is 7.66. The van der Waals surface area contributed by atoms with E-state index in [2.05, 4.69) is 57.9 Å². The van der Waals surface area contributed by atoms with Gasteiger partial charge in [-0.3, -0.25) is 9.69 Å². The molecule has 3 fully saturated rings. The molecule has 1 aliphatic carbocycles. The molecule has 0 spiro atoms. The van der Waals surface area contributed by atoms with Gasteiger partial charge >= 0.3 is 0 Å². The molecule has 3 aliphatic rings. The zero-order valence-corrected chi connectivity index (χ0v) is 22.4. The van der Waals surface area contributed by atoms with E-state index < -0.39 is 5.92 Å². The van der Waals surface area contributed by atoms with Gasteiger partial charge in [0.15, 0.2) is 0 Å². The molecule has 5 rings (SSSR count). The van der Waals surface area contributed by atoms with Gasteiger partial charge < -0.3 is 9.88 Å². The minimum absolute atomic E-state index is 0.0738. The third kappa shape index (κ3) is 5.74. The highest BCUT2D eigenvalue weighted by Crippen LogP contribution is 2.42. The molecule has 1 aromatic heterocycles. The van der Waals surface area contributed by atoms with E-state index in [1.54, 1.807) is 0 Å². The number of aromatic nitrogens is 3. The molecule has 0 radical (unpaired) electrons. The van der Waals surface area contributed by atoms with Crippen LogP contribution in [0.15, 0.2) is 30.3 Å². The van der Waals surface area contributed by atoms with E-state index in [1.165, 1.54) is 12.8 Å². The van der Waals surface area contributed by atoms with E-state index in [4.69, 9.17) is 0 Å². The topological polar surface area (TPSA) is 63.1 Å². The monoisotopic (exact) mass is 513 g/mol. The molecule has 1 amide bonds. The largest absolute Gasteiger partial charge is 0.349 e. The van der Waals surface area contributed by atoms with Gasteiger partial charge in [0.2, 0.25) is 11.8 Å². The molecule has 6 nitrogen and oxygen atoms in total. The Morgan fingerprint density at radius 3 is 2.30 bits per heavy atom. The minimum atomic E-state index is -2.62. The molecule has 3 atom stereocenters. The highest BCUT2D eigenvalue weighted by atomic mass is 19.3. The van der Waals surface area contributed by atoms with Crippen LogP contribution in [0.4, 0.5) is 8.78 Å². The second-order valence-electron chi connectivity index (χ2n) is 11.8. The first-order valence-electron chi connectivity index (χ1n) is 14.1. The second kappa shape index (κ2) is 10.8. The van der Waals surface area contributed by atoms with Crippen LogP contribution < -0.4 is 5.32 Å². The predicted molar refractivity (Wildman–Crippen MR) is 139 cm³/mol. The first-order valence-corrected chi connectivity index (χ1v) is 14.1. The molecule has 37 heavy (non-hydrogen) atoms. The van der Waals surface area contributed by atoms with Crippen molar-refractivity contribution in [2.24, 2.45) is 5.92 Å². The molecule has 0 unspecified atom stereocenters. The summed E-state index contributed by atoms with van der Waals surface area (Å²) in [6.07, 6.45) is 5.59. The summed E-state index contributed by atoms with van der Waals surface area (Å²) in [5.74, 6) is -0.572. The summed E-state index contributed by atoms with van der Waals surface area (Å²) >= 11 is 0. The third-order valence-corrected chi connectivity index (χ3v) is 8.92. The number of benzene rings is 1. The number of aryl methyl sites for hydroxylation is 1. The molecule has 2 aromatic rings. The number of hydrogen-bond acceptors (Lipinski definition) is 4. The van der Waals surface area contributed by atoms with Crippen molar-refractivity contribution in [2.45, 2.75) is 115 Å². The number of rotatable bonds is 8. The van der Waals surface area contributed by atoms with E-state index in [9.17, 15) is 13.6 Å². The molecule has 8 heteroatoms. The second-order valence-corrected chi connectivity index (χ2v) is 11.8. The van der Waals surface area contributed by atoms with Crippen LogP contribution in [0.2, 0.25) is 0 Å². The lowest BCUT2D eigenvalue weighted by molar-refractivity contribution is -0.130. The smallest absolute Gasteiger partial charge is 0.248 e. The summed E-state index contributed by atoms with van der Waals surface area (Å²) in [5.41, 5.74) is 1.08. The summed E-state index contributed by atoms with van der Waals surface area (Å²) in [6, 6.07) is 11.5. The SMILES string of the molecule is Cc1nnc(C(C)C)n1C1C[C@@H]2CC[C@@H](C1)N2CC[C@H](NC(=O)C1CCC(F)(F)CC1)c1ccccc1. The van der Waals surface area contributed by atoms with Crippen LogP contribution in [0.1, 0.15) is 107 Å². The van der Waals surface area contributed by atoms with E-state index in [0.717, 1.165) is 43.0 Å². The maximum Gasteiger partial charge on any atom is 0.248 e. The van der Waals surface area contributed by atoms with Crippen molar-refractivity contribution < 1.29 is 13.6 Å². The number of nitrogens with zero attached hydrogens (tertiary/aromatic N) is 4. The van der Waals surface area contributed by atoms with Gasteiger partial charge in [-0.2, -0.15) is 0 Å². The van der Waals surface area contributed by atoms with Crippen LogP contribution in [-0.4, -0.2) is 50.1 Å². The van der Waals surface area contributed by atoms with Crippen molar-refractivity contribution in [3.63, 3.8) is 0 Å². The third-order valence-electron chi connectivity index (χ3n) is 8.92. The van der Waals surface area contributed by atoms with E-state index in [-0.39, 0.29) is 43.6 Å². The quantitative estimate of drug-likeness (QED) is 0.474. The van der Waals surface area contributed by atoms with Crippen molar-refractivity contribution in [1.82, 2.24) is 25.0 Å². The Balaban J connectivity index is 1.24. The van der Waals surface area contributed by atoms with E-state index >= 15 is 0 Å². The van der Waals surface area contributed by atoms with Gasteiger partial charge in [-0.1, -0.05) is 44.2 Å². The first-order chi connectivity index (χ1) is 17.7. The van der Waals surface area contributed by atoms with Crippen molar-refractivity contribution >= 4 is 5.91 Å². The fourth-order valence-corrected chi connectivity index (χ4v) is 6.93. The summed E-state index contributed by atoms with van der Waals surface area (Å²) in [7, 11) is 0. The number of halogens is 2. The number of carbonyl (C=O) groups is 1. The average molecular weight is 514 g/mol. The molecular formula is C29H41F2N5O. The van der Waals surface area contributed by atoms with E-state index in [0.29, 0.717) is 24.0 Å². The van der Waals surface area contributed by atoms with Gasteiger partial charge in [0.1, 0.15) is 11.6 Å². The zero-order chi connectivity index (χ0) is 26.2. The van der Waals surface area contributed by atoms with Crippen LogP contribution in [0.3, 0.4) is 0 Å². The van der Waals surface area contributed by atoms with Gasteiger partial charge in [-0.05, 0) is 57.4 Å². The maximum absolute atomic E-state index is 13.6. The molecule has 1 N–H and O–H groups in total. The standard InChI is InChI=1S/C29H41F2N5O/c1-19(2)27-34-33-20(3)36(27)25-17-23-9-10-24(18-25)35(23)16-13-26(21-7-5-4-6-8-21)32-28(37)22-11-14-29(30,31)15-12-22/h4-8,19,22-26H,9-18H2,1-3H3,(H,32,37)/t23-,24-,26-/m0/s1. The lowest BCUT2D eigenvalue weighted by Crippen LogP contribution is -2.45. The number of piperidine rings is 1. The van der Waals surface area contributed by atoms with Crippen molar-refractivity contribution in [2.75, 3.05) is 6.54 Å². The van der Waals surface area contributed by atoms with Gasteiger partial charge in [-0.15, -0.1) is 10.2 Å². The predicted octanol–water partition coefficient (Wildman–Crippen LogP) is 5.95. The number of nitrogens with one attached hydrogen (secondary N) is 1. The summed E-state index contributed by atoms with van der Waals surface area (Å²) in [5, 5.41) is 12.1. The fourth-order valence-electron chi connectivity index (χ4n) is 6.93. The summed E-state index contributed by atoms with van der Waals surface area (Å²) < 4.78 is 29.6. The Hall–Kier alpha value is -2.35. The molecule has 2 saturated heterocycles. The number of alkyl halides is 2. The molecule has 1 saturated carbocycles. The number of carbonyl (C=O) groups excluding carboxylic acids is 1. The minimum Gasteiger partial charge on any atom is -0.349 e. The highest BCUT2D eigenvalue weighted by Gasteiger charge is 2.42.